The second-order valence-corrected chi connectivity index (χ2v) is 2.97. The SMILES string of the molecule is Cc1cnc(-c2cnccc2C)o1. The molecule has 0 fully saturated rings. The van der Waals surface area contributed by atoms with Crippen LogP contribution in [0, 0.1) is 13.8 Å². The Balaban J connectivity index is 2.52. The van der Waals surface area contributed by atoms with Gasteiger partial charge in [-0.3, -0.25) is 4.98 Å². The molecule has 0 aliphatic heterocycles. The van der Waals surface area contributed by atoms with Gasteiger partial charge >= 0.3 is 0 Å². The molecule has 0 N–H and O–H groups in total. The number of aryl methyl sites for hydroxylation is 2. The number of oxazole rings is 1. The summed E-state index contributed by atoms with van der Waals surface area (Å²) in [7, 11) is 0. The lowest BCUT2D eigenvalue weighted by molar-refractivity contribution is 0.542. The van der Waals surface area contributed by atoms with Crippen molar-refractivity contribution in [1.29, 1.82) is 0 Å². The highest BCUT2D eigenvalue weighted by atomic mass is 16.4. The largest absolute Gasteiger partial charge is 0.441 e. The number of hydrogen-bond acceptors (Lipinski definition) is 3. The predicted molar refractivity (Wildman–Crippen MR) is 49.2 cm³/mol. The van der Waals surface area contributed by atoms with Gasteiger partial charge in [0.15, 0.2) is 0 Å². The molecule has 0 saturated heterocycles. The maximum Gasteiger partial charge on any atom is 0.228 e. The Kier molecular flexibility index (Phi) is 1.85. The van der Waals surface area contributed by atoms with Crippen molar-refractivity contribution in [2.24, 2.45) is 0 Å². The topological polar surface area (TPSA) is 38.9 Å². The van der Waals surface area contributed by atoms with E-state index in [1.54, 1.807) is 18.6 Å². The molecule has 0 radical (unpaired) electrons. The first kappa shape index (κ1) is 7.98. The number of aromatic nitrogens is 2. The van der Waals surface area contributed by atoms with Gasteiger partial charge in [0.2, 0.25) is 5.89 Å². The van der Waals surface area contributed by atoms with E-state index in [-0.39, 0.29) is 0 Å². The Bertz CT molecular complexity index is 420. The van der Waals surface area contributed by atoms with Crippen LogP contribution in [0.2, 0.25) is 0 Å². The monoisotopic (exact) mass is 174 g/mol. The molecule has 2 aromatic rings. The van der Waals surface area contributed by atoms with Gasteiger partial charge in [0, 0.05) is 12.4 Å². The summed E-state index contributed by atoms with van der Waals surface area (Å²) in [6.45, 7) is 3.89. The Morgan fingerprint density at radius 2 is 2.08 bits per heavy atom. The van der Waals surface area contributed by atoms with Crippen molar-refractivity contribution in [3.8, 4) is 11.5 Å². The number of hydrogen-bond donors (Lipinski definition) is 0. The molecule has 0 aliphatic rings. The molecule has 66 valence electrons. The first-order valence-electron chi connectivity index (χ1n) is 4.11. The Morgan fingerprint density at radius 1 is 1.23 bits per heavy atom. The van der Waals surface area contributed by atoms with Gasteiger partial charge in [-0.25, -0.2) is 4.98 Å². The Morgan fingerprint density at radius 3 is 2.69 bits per heavy atom. The third-order valence-corrected chi connectivity index (χ3v) is 1.89. The molecule has 3 nitrogen and oxygen atoms in total. The molecule has 2 heterocycles. The average Bonchev–Trinajstić information content (AvgIpc) is 2.53. The normalized spacial score (nSPS) is 10.3. The third kappa shape index (κ3) is 1.45. The zero-order valence-electron chi connectivity index (χ0n) is 7.61. The van der Waals surface area contributed by atoms with Gasteiger partial charge in [0.25, 0.3) is 0 Å². The molecule has 0 atom stereocenters. The lowest BCUT2D eigenvalue weighted by Crippen LogP contribution is -1.83. The van der Waals surface area contributed by atoms with Crippen molar-refractivity contribution >= 4 is 0 Å². The van der Waals surface area contributed by atoms with Gasteiger partial charge in [-0.15, -0.1) is 0 Å². The van der Waals surface area contributed by atoms with Gasteiger partial charge in [-0.1, -0.05) is 0 Å². The molecule has 0 bridgehead atoms. The van der Waals surface area contributed by atoms with E-state index < -0.39 is 0 Å². The summed E-state index contributed by atoms with van der Waals surface area (Å²) >= 11 is 0. The van der Waals surface area contributed by atoms with Crippen LogP contribution >= 0.6 is 0 Å². The number of nitrogens with zero attached hydrogens (tertiary/aromatic N) is 2. The molecule has 13 heavy (non-hydrogen) atoms. The smallest absolute Gasteiger partial charge is 0.228 e. The molecular weight excluding hydrogens is 164 g/mol. The third-order valence-electron chi connectivity index (χ3n) is 1.89. The predicted octanol–water partition coefficient (Wildman–Crippen LogP) is 2.35. The zero-order valence-corrected chi connectivity index (χ0v) is 7.61. The maximum atomic E-state index is 5.40. The molecule has 3 heteroatoms. The van der Waals surface area contributed by atoms with Crippen LogP contribution in [0.3, 0.4) is 0 Å². The summed E-state index contributed by atoms with van der Waals surface area (Å²) in [5.74, 6) is 1.46. The van der Waals surface area contributed by atoms with Crippen molar-refractivity contribution < 1.29 is 4.42 Å². The minimum atomic E-state index is 0.642. The highest BCUT2D eigenvalue weighted by molar-refractivity contribution is 5.56. The lowest BCUT2D eigenvalue weighted by Gasteiger charge is -1.98. The van der Waals surface area contributed by atoms with Crippen LogP contribution in [0.25, 0.3) is 11.5 Å². The van der Waals surface area contributed by atoms with Crippen molar-refractivity contribution in [2.75, 3.05) is 0 Å². The van der Waals surface area contributed by atoms with E-state index in [1.165, 1.54) is 0 Å². The number of pyridine rings is 1. The zero-order chi connectivity index (χ0) is 9.26. The van der Waals surface area contributed by atoms with Crippen LogP contribution in [-0.2, 0) is 0 Å². The Hall–Kier alpha value is -1.64. The molecule has 0 saturated carbocycles. The molecule has 0 aliphatic carbocycles. The minimum Gasteiger partial charge on any atom is -0.441 e. The van der Waals surface area contributed by atoms with E-state index in [9.17, 15) is 0 Å². The fraction of sp³-hybridized carbons (Fsp3) is 0.200. The van der Waals surface area contributed by atoms with E-state index in [0.29, 0.717) is 5.89 Å². The quantitative estimate of drug-likeness (QED) is 0.666. The van der Waals surface area contributed by atoms with E-state index in [4.69, 9.17) is 4.42 Å². The van der Waals surface area contributed by atoms with Gasteiger partial charge in [-0.2, -0.15) is 0 Å². The average molecular weight is 174 g/mol. The molecule has 2 aromatic heterocycles. The van der Waals surface area contributed by atoms with Gasteiger partial charge in [0.05, 0.1) is 11.8 Å². The summed E-state index contributed by atoms with van der Waals surface area (Å²) in [6.07, 6.45) is 5.23. The van der Waals surface area contributed by atoms with Gasteiger partial charge < -0.3 is 4.42 Å². The summed E-state index contributed by atoms with van der Waals surface area (Å²) in [5.41, 5.74) is 2.08. The summed E-state index contributed by atoms with van der Waals surface area (Å²) in [6, 6.07) is 1.94. The molecule has 0 unspecified atom stereocenters. The minimum absolute atomic E-state index is 0.642. The summed E-state index contributed by atoms with van der Waals surface area (Å²) in [5, 5.41) is 0. The fourth-order valence-electron chi connectivity index (χ4n) is 1.17. The van der Waals surface area contributed by atoms with Crippen molar-refractivity contribution in [3.05, 3.63) is 36.0 Å². The second-order valence-electron chi connectivity index (χ2n) is 2.97. The molecule has 0 spiro atoms. The van der Waals surface area contributed by atoms with Gasteiger partial charge in [-0.05, 0) is 25.5 Å². The van der Waals surface area contributed by atoms with E-state index in [0.717, 1.165) is 16.9 Å². The molecule has 0 aromatic carbocycles. The lowest BCUT2D eigenvalue weighted by atomic mass is 10.2. The highest BCUT2D eigenvalue weighted by Crippen LogP contribution is 2.20. The Labute approximate surface area is 76.5 Å². The first-order chi connectivity index (χ1) is 6.27. The van der Waals surface area contributed by atoms with Crippen LogP contribution in [0.15, 0.2) is 29.1 Å². The fourth-order valence-corrected chi connectivity index (χ4v) is 1.17. The first-order valence-corrected chi connectivity index (χ1v) is 4.11. The van der Waals surface area contributed by atoms with Crippen molar-refractivity contribution in [2.45, 2.75) is 13.8 Å². The summed E-state index contributed by atoms with van der Waals surface area (Å²) < 4.78 is 5.40. The van der Waals surface area contributed by atoms with Gasteiger partial charge in [0.1, 0.15) is 5.76 Å². The second kappa shape index (κ2) is 3.01. The standard InChI is InChI=1S/C10H10N2O/c1-7-3-4-11-6-9(7)10-12-5-8(2)13-10/h3-6H,1-2H3. The van der Waals surface area contributed by atoms with Crippen molar-refractivity contribution in [3.63, 3.8) is 0 Å². The van der Waals surface area contributed by atoms with E-state index in [2.05, 4.69) is 9.97 Å². The highest BCUT2D eigenvalue weighted by Gasteiger charge is 2.06. The van der Waals surface area contributed by atoms with Crippen molar-refractivity contribution in [1.82, 2.24) is 9.97 Å². The van der Waals surface area contributed by atoms with E-state index in [1.807, 2.05) is 19.9 Å². The summed E-state index contributed by atoms with van der Waals surface area (Å²) in [4.78, 5) is 8.17. The molecule has 2 rings (SSSR count). The molecular formula is C10H10N2O. The molecule has 0 amide bonds. The van der Waals surface area contributed by atoms with Crippen LogP contribution in [-0.4, -0.2) is 9.97 Å². The number of rotatable bonds is 1. The van der Waals surface area contributed by atoms with Crippen LogP contribution in [0.4, 0.5) is 0 Å². The van der Waals surface area contributed by atoms with Crippen LogP contribution in [0.5, 0.6) is 0 Å². The van der Waals surface area contributed by atoms with Crippen LogP contribution in [0.1, 0.15) is 11.3 Å². The maximum absolute atomic E-state index is 5.40. The van der Waals surface area contributed by atoms with Crippen LogP contribution < -0.4 is 0 Å². The van der Waals surface area contributed by atoms with E-state index >= 15 is 0 Å².